The van der Waals surface area contributed by atoms with Crippen molar-refractivity contribution in [3.63, 3.8) is 0 Å². The third kappa shape index (κ3) is 3.87. The third-order valence-electron chi connectivity index (χ3n) is 4.44. The number of benzene rings is 1. The van der Waals surface area contributed by atoms with Crippen LogP contribution >= 0.6 is 0 Å². The van der Waals surface area contributed by atoms with E-state index >= 15 is 0 Å². The summed E-state index contributed by atoms with van der Waals surface area (Å²) in [5.74, 6) is -0.187. The van der Waals surface area contributed by atoms with E-state index in [-0.39, 0.29) is 17.6 Å². The first-order valence-corrected chi connectivity index (χ1v) is 9.88. The highest BCUT2D eigenvalue weighted by Crippen LogP contribution is 2.35. The van der Waals surface area contributed by atoms with Gasteiger partial charge in [0.25, 0.3) is 0 Å². The van der Waals surface area contributed by atoms with Crippen molar-refractivity contribution in [2.45, 2.75) is 58.4 Å². The third-order valence-corrected chi connectivity index (χ3v) is 6.32. The van der Waals surface area contributed by atoms with Crippen molar-refractivity contribution in [3.8, 4) is 0 Å². The van der Waals surface area contributed by atoms with Crippen molar-refractivity contribution in [3.05, 3.63) is 35.1 Å². The van der Waals surface area contributed by atoms with Crippen LogP contribution in [0.4, 0.5) is 4.39 Å². The lowest BCUT2D eigenvalue weighted by Crippen LogP contribution is -2.37. The number of nitrogens with zero attached hydrogens (tertiary/aromatic N) is 1. The predicted octanol–water partition coefficient (Wildman–Crippen LogP) is 4.05. The van der Waals surface area contributed by atoms with Crippen LogP contribution in [0.3, 0.4) is 0 Å². The van der Waals surface area contributed by atoms with Crippen LogP contribution in [-0.4, -0.2) is 25.0 Å². The molecule has 0 aromatic heterocycles. The molecule has 0 aliphatic heterocycles. The fourth-order valence-corrected chi connectivity index (χ4v) is 4.53. The molecule has 0 fully saturated rings. The Morgan fingerprint density at radius 3 is 2.73 bits per heavy atom. The number of fused-ring (bicyclic) bond motifs is 1. The van der Waals surface area contributed by atoms with Gasteiger partial charge < -0.3 is 0 Å². The molecule has 1 aliphatic rings. The van der Waals surface area contributed by atoms with Gasteiger partial charge in [-0.2, -0.15) is 4.31 Å². The second-order valence-corrected chi connectivity index (χ2v) is 8.18. The number of halogens is 1. The highest BCUT2D eigenvalue weighted by atomic mass is 32.2. The number of aryl methyl sites for hydroxylation is 1. The van der Waals surface area contributed by atoms with Crippen molar-refractivity contribution in [1.29, 1.82) is 0 Å². The largest absolute Gasteiger partial charge is 0.214 e. The topological polar surface area (TPSA) is 37.4 Å². The summed E-state index contributed by atoms with van der Waals surface area (Å²) in [4.78, 5) is 0. The first-order chi connectivity index (χ1) is 10.5. The minimum Gasteiger partial charge on any atom is -0.212 e. The quantitative estimate of drug-likeness (QED) is 0.739. The van der Waals surface area contributed by atoms with Crippen LogP contribution in [0.5, 0.6) is 0 Å². The van der Waals surface area contributed by atoms with Crippen LogP contribution in [0, 0.1) is 5.82 Å². The minimum atomic E-state index is -3.29. The van der Waals surface area contributed by atoms with E-state index in [1.807, 2.05) is 6.07 Å². The Morgan fingerprint density at radius 2 is 2.05 bits per heavy atom. The first kappa shape index (κ1) is 17.4. The van der Waals surface area contributed by atoms with E-state index < -0.39 is 10.0 Å². The van der Waals surface area contributed by atoms with Crippen LogP contribution in [0.2, 0.25) is 0 Å². The lowest BCUT2D eigenvalue weighted by Gasteiger charge is -2.31. The van der Waals surface area contributed by atoms with E-state index in [1.165, 1.54) is 12.1 Å². The Labute approximate surface area is 133 Å². The van der Waals surface area contributed by atoms with Gasteiger partial charge in [-0.15, -0.1) is 0 Å². The molecule has 0 spiro atoms. The number of rotatable bonds is 6. The molecule has 1 aromatic rings. The molecule has 0 radical (unpaired) electrons. The fourth-order valence-electron chi connectivity index (χ4n) is 3.18. The predicted molar refractivity (Wildman–Crippen MR) is 87.8 cm³/mol. The molecule has 0 saturated carbocycles. The highest BCUT2D eigenvalue weighted by Gasteiger charge is 2.31. The normalized spacial score (nSPS) is 19.0. The first-order valence-electron chi connectivity index (χ1n) is 8.27. The SMILES string of the molecule is CCCCN(C1CCCCc2ccc(F)cc21)S(=O)(=O)CC. The van der Waals surface area contributed by atoms with E-state index in [9.17, 15) is 12.8 Å². The van der Waals surface area contributed by atoms with Crippen molar-refractivity contribution in [2.24, 2.45) is 0 Å². The van der Waals surface area contributed by atoms with Crippen molar-refractivity contribution in [2.75, 3.05) is 12.3 Å². The van der Waals surface area contributed by atoms with Gasteiger partial charge in [-0.1, -0.05) is 25.8 Å². The van der Waals surface area contributed by atoms with E-state index in [2.05, 4.69) is 6.92 Å². The maximum Gasteiger partial charge on any atom is 0.214 e. The van der Waals surface area contributed by atoms with Gasteiger partial charge in [0.05, 0.1) is 11.8 Å². The van der Waals surface area contributed by atoms with E-state index in [0.29, 0.717) is 6.54 Å². The summed E-state index contributed by atoms with van der Waals surface area (Å²) in [6.07, 6.45) is 5.46. The average molecular weight is 327 g/mol. The van der Waals surface area contributed by atoms with Gasteiger partial charge in [0.2, 0.25) is 10.0 Å². The van der Waals surface area contributed by atoms with Crippen LogP contribution in [0.25, 0.3) is 0 Å². The van der Waals surface area contributed by atoms with Gasteiger partial charge in [0, 0.05) is 6.54 Å². The Kier molecular flexibility index (Phi) is 5.98. The van der Waals surface area contributed by atoms with E-state index in [0.717, 1.165) is 49.7 Å². The zero-order valence-corrected chi connectivity index (χ0v) is 14.3. The van der Waals surface area contributed by atoms with Gasteiger partial charge in [-0.05, 0) is 55.9 Å². The molecule has 0 heterocycles. The monoisotopic (exact) mass is 327 g/mol. The molecule has 5 heteroatoms. The molecular weight excluding hydrogens is 301 g/mol. The van der Waals surface area contributed by atoms with Gasteiger partial charge in [-0.3, -0.25) is 0 Å². The Hall–Kier alpha value is -0.940. The van der Waals surface area contributed by atoms with Gasteiger partial charge in [0.15, 0.2) is 0 Å². The molecule has 124 valence electrons. The maximum atomic E-state index is 13.7. The molecule has 1 atom stereocenters. The molecular formula is C17H26FNO2S. The van der Waals surface area contributed by atoms with Crippen molar-refractivity contribution in [1.82, 2.24) is 4.31 Å². The summed E-state index contributed by atoms with van der Waals surface area (Å²) in [7, 11) is -3.29. The molecule has 2 rings (SSSR count). The van der Waals surface area contributed by atoms with Crippen LogP contribution in [0.1, 0.15) is 63.1 Å². The molecule has 0 N–H and O–H groups in total. The number of sulfonamides is 1. The fraction of sp³-hybridized carbons (Fsp3) is 0.647. The van der Waals surface area contributed by atoms with Crippen molar-refractivity contribution < 1.29 is 12.8 Å². The molecule has 3 nitrogen and oxygen atoms in total. The highest BCUT2D eigenvalue weighted by molar-refractivity contribution is 7.89. The Morgan fingerprint density at radius 1 is 1.27 bits per heavy atom. The number of unbranched alkanes of at least 4 members (excludes halogenated alkanes) is 1. The molecule has 0 amide bonds. The van der Waals surface area contributed by atoms with Crippen LogP contribution in [-0.2, 0) is 16.4 Å². The number of hydrogen-bond donors (Lipinski definition) is 0. The van der Waals surface area contributed by atoms with Gasteiger partial charge in [-0.25, -0.2) is 12.8 Å². The summed E-state index contributed by atoms with van der Waals surface area (Å²) >= 11 is 0. The summed E-state index contributed by atoms with van der Waals surface area (Å²) < 4.78 is 40.4. The van der Waals surface area contributed by atoms with Crippen LogP contribution < -0.4 is 0 Å². The molecule has 1 aromatic carbocycles. The average Bonchev–Trinajstić information content (AvgIpc) is 2.70. The summed E-state index contributed by atoms with van der Waals surface area (Å²) in [5.41, 5.74) is 1.96. The second kappa shape index (κ2) is 7.55. The lowest BCUT2D eigenvalue weighted by atomic mass is 9.98. The molecule has 1 unspecified atom stereocenters. The minimum absolute atomic E-state index is 0.0951. The van der Waals surface area contributed by atoms with E-state index in [4.69, 9.17) is 0 Å². The summed E-state index contributed by atoms with van der Waals surface area (Å²) in [6.45, 7) is 4.25. The number of hydrogen-bond acceptors (Lipinski definition) is 2. The Bertz CT molecular complexity index is 601. The maximum absolute atomic E-state index is 13.7. The summed E-state index contributed by atoms with van der Waals surface area (Å²) in [6, 6.07) is 4.62. The second-order valence-electron chi connectivity index (χ2n) is 5.97. The van der Waals surface area contributed by atoms with Crippen molar-refractivity contribution >= 4 is 10.0 Å². The molecule has 0 saturated heterocycles. The molecule has 1 aliphatic carbocycles. The van der Waals surface area contributed by atoms with Gasteiger partial charge >= 0.3 is 0 Å². The Balaban J connectivity index is 2.44. The molecule has 22 heavy (non-hydrogen) atoms. The molecule has 0 bridgehead atoms. The van der Waals surface area contributed by atoms with E-state index in [1.54, 1.807) is 11.2 Å². The lowest BCUT2D eigenvalue weighted by molar-refractivity contribution is 0.302. The van der Waals surface area contributed by atoms with Crippen LogP contribution in [0.15, 0.2) is 18.2 Å². The smallest absolute Gasteiger partial charge is 0.212 e. The zero-order valence-electron chi connectivity index (χ0n) is 13.5. The zero-order chi connectivity index (χ0) is 16.2. The standard InChI is InChI=1S/C17H26FNO2S/c1-3-5-12-19(22(20,21)4-2)17-9-7-6-8-14-10-11-15(18)13-16(14)17/h10-11,13,17H,3-9,12H2,1-2H3. The summed E-state index contributed by atoms with van der Waals surface area (Å²) in [5, 5.41) is 0. The van der Waals surface area contributed by atoms with Gasteiger partial charge in [0.1, 0.15) is 5.82 Å².